The topological polar surface area (TPSA) is 94.2 Å². The molecule has 1 saturated heterocycles. The molecule has 0 aliphatic carbocycles. The Balaban J connectivity index is 1.64. The molecule has 0 unspecified atom stereocenters. The Labute approximate surface area is 182 Å². The van der Waals surface area contributed by atoms with E-state index in [2.05, 4.69) is 5.32 Å². The van der Waals surface area contributed by atoms with Crippen LogP contribution < -0.4 is 19.5 Å². The number of carbonyl (C=O) groups is 3. The van der Waals surface area contributed by atoms with Crippen LogP contribution in [0.3, 0.4) is 0 Å². The van der Waals surface area contributed by atoms with Crippen LogP contribution >= 0.6 is 12.2 Å². The van der Waals surface area contributed by atoms with Crippen LogP contribution in [0.2, 0.25) is 0 Å². The average molecular weight is 436 g/mol. The van der Waals surface area contributed by atoms with E-state index in [0.717, 1.165) is 11.1 Å². The van der Waals surface area contributed by atoms with E-state index in [-0.39, 0.29) is 27.7 Å². The number of esters is 1. The number of hydrogen-bond acceptors (Lipinski definition) is 7. The highest BCUT2D eigenvalue weighted by molar-refractivity contribution is 7.80. The smallest absolute Gasteiger partial charge is 0.349 e. The van der Waals surface area contributed by atoms with E-state index >= 15 is 0 Å². The highest BCUT2D eigenvalue weighted by Gasteiger charge is 2.35. The van der Waals surface area contributed by atoms with Crippen LogP contribution in [0.25, 0.3) is 6.08 Å². The van der Waals surface area contributed by atoms with Gasteiger partial charge in [-0.3, -0.25) is 14.5 Å². The van der Waals surface area contributed by atoms with Crippen LogP contribution in [0, 0.1) is 0 Å². The lowest BCUT2D eigenvalue weighted by Gasteiger charge is -2.18. The van der Waals surface area contributed by atoms with Crippen molar-refractivity contribution in [1.82, 2.24) is 10.2 Å². The maximum atomic E-state index is 12.9. The zero-order chi connectivity index (χ0) is 22.1. The quantitative estimate of drug-likeness (QED) is 0.257. The summed E-state index contributed by atoms with van der Waals surface area (Å²) in [6.45, 7) is 0. The largest absolute Gasteiger partial charge is 0.493 e. The zero-order valence-electron chi connectivity index (χ0n) is 16.5. The number of hydrogen-bond donors (Lipinski definition) is 1. The number of Topliss-reactive ketones (excluding diaryl/α,β-unsaturated/α-hetero) is 1. The van der Waals surface area contributed by atoms with Crippen LogP contribution in [0.15, 0.2) is 59.9 Å². The number of ketones is 1. The number of amides is 1. The maximum absolute atomic E-state index is 12.9. The number of para-hydroxylation sites is 1. The molecule has 2 heterocycles. The van der Waals surface area contributed by atoms with Gasteiger partial charge in [-0.2, -0.15) is 0 Å². The van der Waals surface area contributed by atoms with E-state index in [1.54, 1.807) is 42.5 Å². The van der Waals surface area contributed by atoms with E-state index in [1.807, 2.05) is 0 Å². The van der Waals surface area contributed by atoms with Crippen LogP contribution in [0.1, 0.15) is 15.9 Å². The third-order valence-corrected chi connectivity index (χ3v) is 4.98. The van der Waals surface area contributed by atoms with Crippen molar-refractivity contribution in [1.29, 1.82) is 0 Å². The molecule has 0 atom stereocenters. The number of fused-ring (bicyclic) bond motifs is 1. The summed E-state index contributed by atoms with van der Waals surface area (Å²) in [6, 6.07) is 11.5. The fourth-order valence-electron chi connectivity index (χ4n) is 3.15. The number of methoxy groups -OCH3 is 2. The molecule has 1 N–H and O–H groups in total. The van der Waals surface area contributed by atoms with Gasteiger partial charge >= 0.3 is 5.97 Å². The number of thiocarbonyl (C=S) groups is 1. The molecular weight excluding hydrogens is 420 g/mol. The summed E-state index contributed by atoms with van der Waals surface area (Å²) in [4.78, 5) is 38.9. The Hall–Kier alpha value is -3.98. The van der Waals surface area contributed by atoms with Crippen LogP contribution in [0.5, 0.6) is 17.2 Å². The minimum absolute atomic E-state index is 0.0312. The van der Waals surface area contributed by atoms with Gasteiger partial charge in [-0.25, -0.2) is 4.79 Å². The molecule has 8 nitrogen and oxygen atoms in total. The molecule has 4 rings (SSSR count). The second kappa shape index (κ2) is 8.04. The molecule has 2 aliphatic heterocycles. The number of rotatable bonds is 4. The Morgan fingerprint density at radius 2 is 1.77 bits per heavy atom. The van der Waals surface area contributed by atoms with Crippen molar-refractivity contribution >= 4 is 41.1 Å². The van der Waals surface area contributed by atoms with Gasteiger partial charge in [-0.15, -0.1) is 0 Å². The number of nitrogens with zero attached hydrogens (tertiary/aromatic N) is 1. The van der Waals surface area contributed by atoms with E-state index < -0.39 is 17.7 Å². The summed E-state index contributed by atoms with van der Waals surface area (Å²) in [5.74, 6) is -0.690. The normalized spacial score (nSPS) is 18.2. The molecule has 0 radical (unpaired) electrons. The molecule has 1 amide bonds. The van der Waals surface area contributed by atoms with E-state index in [9.17, 15) is 14.4 Å². The average Bonchev–Trinajstić information content (AvgIpc) is 3.03. The molecule has 2 aromatic rings. The van der Waals surface area contributed by atoms with Gasteiger partial charge in [0.25, 0.3) is 5.91 Å². The van der Waals surface area contributed by atoms with E-state index in [1.165, 1.54) is 20.3 Å². The highest BCUT2D eigenvalue weighted by atomic mass is 32.1. The fourth-order valence-corrected chi connectivity index (χ4v) is 3.40. The molecule has 156 valence electrons. The van der Waals surface area contributed by atoms with Crippen molar-refractivity contribution in [2.75, 3.05) is 14.2 Å². The van der Waals surface area contributed by atoms with Gasteiger partial charge in [0.05, 0.1) is 19.8 Å². The molecular formula is C22H16N2O6S. The second-order valence-corrected chi connectivity index (χ2v) is 6.92. The van der Waals surface area contributed by atoms with Gasteiger partial charge in [-0.1, -0.05) is 18.2 Å². The first-order valence-electron chi connectivity index (χ1n) is 9.09. The van der Waals surface area contributed by atoms with Gasteiger partial charge < -0.3 is 19.5 Å². The van der Waals surface area contributed by atoms with Crippen molar-refractivity contribution in [3.8, 4) is 17.2 Å². The van der Waals surface area contributed by atoms with Crippen LogP contribution in [0.4, 0.5) is 0 Å². The molecule has 9 heteroatoms. The molecule has 0 spiro atoms. The number of nitrogens with one attached hydrogen (secondary N) is 1. The Morgan fingerprint density at radius 1 is 1.03 bits per heavy atom. The van der Waals surface area contributed by atoms with Crippen molar-refractivity contribution < 1.29 is 28.6 Å². The molecule has 2 aliphatic rings. The first-order chi connectivity index (χ1) is 14.9. The minimum Gasteiger partial charge on any atom is -0.493 e. The third kappa shape index (κ3) is 3.66. The number of ether oxygens (including phenoxy) is 3. The van der Waals surface area contributed by atoms with Gasteiger partial charge in [0.15, 0.2) is 16.6 Å². The van der Waals surface area contributed by atoms with Gasteiger partial charge in [-0.05, 0) is 48.1 Å². The van der Waals surface area contributed by atoms with Crippen molar-refractivity contribution in [3.63, 3.8) is 0 Å². The number of carbonyl (C=O) groups excluding carboxylic acids is 3. The second-order valence-electron chi connectivity index (χ2n) is 6.54. The van der Waals surface area contributed by atoms with Gasteiger partial charge in [0.1, 0.15) is 17.0 Å². The van der Waals surface area contributed by atoms with Crippen molar-refractivity contribution in [2.24, 2.45) is 0 Å². The monoisotopic (exact) mass is 436 g/mol. The molecule has 1 fully saturated rings. The first kappa shape index (κ1) is 20.3. The summed E-state index contributed by atoms with van der Waals surface area (Å²) in [5, 5.41) is 2.83. The molecule has 31 heavy (non-hydrogen) atoms. The molecule has 0 bridgehead atoms. The highest BCUT2D eigenvalue weighted by Crippen LogP contribution is 2.30. The third-order valence-electron chi connectivity index (χ3n) is 4.69. The fraction of sp³-hybridized carbons (Fsp3) is 0.0909. The van der Waals surface area contributed by atoms with E-state index in [0.29, 0.717) is 17.1 Å². The summed E-state index contributed by atoms with van der Waals surface area (Å²) >= 11 is 5.22. The minimum atomic E-state index is -0.850. The Bertz CT molecular complexity index is 1200. The maximum Gasteiger partial charge on any atom is 0.349 e. The van der Waals surface area contributed by atoms with Crippen LogP contribution in [-0.2, 0) is 9.59 Å². The van der Waals surface area contributed by atoms with Crippen LogP contribution in [-0.4, -0.2) is 41.9 Å². The molecule has 2 aromatic carbocycles. The standard InChI is InChI=1S/C22H16N2O6S/c1-28-17-8-7-12(10-18(17)29-2)9-15-20(26)24(22(31)23-15)11-14-19(25)13-5-3-4-6-16(13)30-21(14)27/h3-11H,1-2H3,(H,23,31)/b14-11+,15-9-. The van der Waals surface area contributed by atoms with Crippen molar-refractivity contribution in [2.45, 2.75) is 0 Å². The SMILES string of the molecule is COc1ccc(/C=C2\NC(=S)N(/C=C3/C(=O)Oc4ccccc4C3=O)C2=O)cc1OC. The Kier molecular flexibility index (Phi) is 5.26. The number of benzene rings is 2. The lowest BCUT2D eigenvalue weighted by molar-refractivity contribution is -0.130. The van der Waals surface area contributed by atoms with Gasteiger partial charge in [0, 0.05) is 6.20 Å². The predicted octanol–water partition coefficient (Wildman–Crippen LogP) is 2.45. The Morgan fingerprint density at radius 3 is 2.52 bits per heavy atom. The lowest BCUT2D eigenvalue weighted by atomic mass is 10.0. The predicted molar refractivity (Wildman–Crippen MR) is 115 cm³/mol. The summed E-state index contributed by atoms with van der Waals surface area (Å²) in [6.07, 6.45) is 2.68. The summed E-state index contributed by atoms with van der Waals surface area (Å²) < 4.78 is 15.7. The first-order valence-corrected chi connectivity index (χ1v) is 9.49. The lowest BCUT2D eigenvalue weighted by Crippen LogP contribution is -2.31. The summed E-state index contributed by atoms with van der Waals surface area (Å²) in [7, 11) is 3.03. The van der Waals surface area contributed by atoms with E-state index in [4.69, 9.17) is 26.4 Å². The zero-order valence-corrected chi connectivity index (χ0v) is 17.3. The molecule has 0 saturated carbocycles. The van der Waals surface area contributed by atoms with Gasteiger partial charge in [0.2, 0.25) is 5.78 Å². The van der Waals surface area contributed by atoms with Crippen molar-refractivity contribution in [3.05, 3.63) is 71.1 Å². The molecule has 0 aromatic heterocycles. The summed E-state index contributed by atoms with van der Waals surface area (Å²) in [5.41, 5.74) is 0.780.